The van der Waals surface area contributed by atoms with Gasteiger partial charge in [0.2, 0.25) is 10.6 Å². The van der Waals surface area contributed by atoms with Crippen molar-refractivity contribution in [1.82, 2.24) is 0 Å². The number of rotatable bonds is 1. The lowest BCUT2D eigenvalue weighted by atomic mass is 9.99. The van der Waals surface area contributed by atoms with Crippen LogP contribution in [0, 0.1) is 0 Å². The zero-order chi connectivity index (χ0) is 11.0. The summed E-state index contributed by atoms with van der Waals surface area (Å²) in [4.78, 5) is 24.2. The van der Waals surface area contributed by atoms with Gasteiger partial charge in [-0.3, -0.25) is 9.59 Å². The van der Waals surface area contributed by atoms with Gasteiger partial charge in [0.05, 0.1) is 0 Å². The highest BCUT2D eigenvalue weighted by molar-refractivity contribution is 9.18. The van der Waals surface area contributed by atoms with Gasteiger partial charge >= 0.3 is 0 Å². The average molecular weight is 268 g/mol. The molecular weight excluding hydrogens is 258 g/mol. The van der Waals surface area contributed by atoms with Gasteiger partial charge in [0.25, 0.3) is 0 Å². The molecule has 0 radical (unpaired) electrons. The lowest BCUT2D eigenvalue weighted by molar-refractivity contribution is -0.118. The van der Waals surface area contributed by atoms with E-state index < -0.39 is 0 Å². The molecule has 4 heteroatoms. The van der Waals surface area contributed by atoms with Crippen molar-refractivity contribution in [1.29, 1.82) is 0 Å². The van der Waals surface area contributed by atoms with E-state index in [0.29, 0.717) is 18.4 Å². The molecule has 15 heavy (non-hydrogen) atoms. The molecule has 1 aromatic rings. The van der Waals surface area contributed by atoms with Crippen molar-refractivity contribution in [2.45, 2.75) is 12.8 Å². The number of hydrogen-bond acceptors (Lipinski definition) is 2. The minimum Gasteiger partial charge on any atom is -0.315 e. The number of amides is 1. The summed E-state index contributed by atoms with van der Waals surface area (Å²) in [6, 6.07) is 5.39. The predicted octanol–water partition coefficient (Wildman–Crippen LogP) is 2.13. The van der Waals surface area contributed by atoms with E-state index in [1.807, 2.05) is 12.1 Å². The Morgan fingerprint density at radius 3 is 2.80 bits per heavy atom. The van der Waals surface area contributed by atoms with Gasteiger partial charge in [0.1, 0.15) is 0 Å². The van der Waals surface area contributed by atoms with Crippen LogP contribution in [0.3, 0.4) is 0 Å². The lowest BCUT2D eigenvalue weighted by Crippen LogP contribution is -2.31. The fraction of sp³-hybridized carbons (Fsp3) is 0.273. The molecule has 1 aromatic carbocycles. The molecule has 1 aliphatic heterocycles. The molecule has 3 nitrogen and oxygen atoms in total. The zero-order valence-corrected chi connectivity index (χ0v) is 9.87. The molecule has 78 valence electrons. The number of fused-ring (bicyclic) bond motifs is 1. The van der Waals surface area contributed by atoms with Gasteiger partial charge in [-0.05, 0) is 46.1 Å². The van der Waals surface area contributed by atoms with Gasteiger partial charge < -0.3 is 4.90 Å². The Morgan fingerprint density at radius 2 is 2.13 bits per heavy atom. The Balaban J connectivity index is 2.47. The van der Waals surface area contributed by atoms with Crippen LogP contribution >= 0.6 is 15.9 Å². The standard InChI is InChI=1S/C11H10BrNO2/c1-13-9-4-2-8(11(12)15)6-7(9)3-5-10(13)14/h2,4,6H,3,5H2,1H3. The maximum atomic E-state index is 11.4. The molecule has 0 saturated carbocycles. The van der Waals surface area contributed by atoms with Gasteiger partial charge in [-0.1, -0.05) is 0 Å². The van der Waals surface area contributed by atoms with E-state index in [0.717, 1.165) is 11.3 Å². The minimum atomic E-state index is -0.121. The number of benzene rings is 1. The van der Waals surface area contributed by atoms with Crippen LogP contribution in [0.2, 0.25) is 0 Å². The number of aryl methyl sites for hydroxylation is 1. The van der Waals surface area contributed by atoms with E-state index in [4.69, 9.17) is 0 Å². The second-order valence-corrected chi connectivity index (χ2v) is 4.29. The summed E-state index contributed by atoms with van der Waals surface area (Å²) < 4.78 is -0.121. The average Bonchev–Trinajstić information content (AvgIpc) is 2.23. The third-order valence-electron chi connectivity index (χ3n) is 2.65. The summed E-state index contributed by atoms with van der Waals surface area (Å²) in [5.74, 6) is 0.125. The van der Waals surface area contributed by atoms with Crippen LogP contribution < -0.4 is 4.90 Å². The molecule has 0 fully saturated rings. The molecule has 1 heterocycles. The second-order valence-electron chi connectivity index (χ2n) is 3.57. The van der Waals surface area contributed by atoms with E-state index in [1.165, 1.54) is 0 Å². The number of nitrogens with zero attached hydrogens (tertiary/aromatic N) is 1. The topological polar surface area (TPSA) is 37.4 Å². The summed E-state index contributed by atoms with van der Waals surface area (Å²) in [5, 5.41) is 0. The van der Waals surface area contributed by atoms with Crippen LogP contribution in [0.5, 0.6) is 0 Å². The fourth-order valence-corrected chi connectivity index (χ4v) is 2.03. The first kappa shape index (κ1) is 10.4. The summed E-state index contributed by atoms with van der Waals surface area (Å²) >= 11 is 2.92. The Kier molecular flexibility index (Phi) is 2.61. The van der Waals surface area contributed by atoms with Crippen molar-refractivity contribution in [3.05, 3.63) is 29.3 Å². The van der Waals surface area contributed by atoms with Crippen molar-refractivity contribution in [2.75, 3.05) is 11.9 Å². The van der Waals surface area contributed by atoms with Crippen LogP contribution in [-0.4, -0.2) is 17.6 Å². The summed E-state index contributed by atoms with van der Waals surface area (Å²) in [7, 11) is 1.76. The summed E-state index contributed by atoms with van der Waals surface area (Å²) in [5.41, 5.74) is 2.60. The highest BCUT2D eigenvalue weighted by atomic mass is 79.9. The number of hydrogen-bond donors (Lipinski definition) is 0. The maximum Gasteiger partial charge on any atom is 0.228 e. The SMILES string of the molecule is CN1C(=O)CCc2cc(C(=O)Br)ccc21. The molecule has 0 N–H and O–H groups in total. The second kappa shape index (κ2) is 3.77. The fourth-order valence-electron chi connectivity index (χ4n) is 1.78. The van der Waals surface area contributed by atoms with Crippen molar-refractivity contribution in [2.24, 2.45) is 0 Å². The molecule has 0 bridgehead atoms. The molecule has 0 unspecified atom stereocenters. The third-order valence-corrected chi connectivity index (χ3v) is 3.11. The Labute approximate surface area is 96.2 Å². The molecular formula is C11H10BrNO2. The van der Waals surface area contributed by atoms with E-state index in [9.17, 15) is 9.59 Å². The third kappa shape index (κ3) is 1.81. The van der Waals surface area contributed by atoms with Crippen LogP contribution in [0.4, 0.5) is 5.69 Å². The number of carbonyl (C=O) groups is 2. The number of anilines is 1. The normalized spacial score (nSPS) is 15.1. The predicted molar refractivity (Wildman–Crippen MR) is 61.4 cm³/mol. The smallest absolute Gasteiger partial charge is 0.228 e. The molecule has 0 saturated heterocycles. The van der Waals surface area contributed by atoms with Crippen molar-refractivity contribution < 1.29 is 9.59 Å². The van der Waals surface area contributed by atoms with Gasteiger partial charge in [-0.2, -0.15) is 0 Å². The highest BCUT2D eigenvalue weighted by Crippen LogP contribution is 2.27. The quantitative estimate of drug-likeness (QED) is 0.732. The first-order valence-electron chi connectivity index (χ1n) is 4.69. The highest BCUT2D eigenvalue weighted by Gasteiger charge is 2.21. The van der Waals surface area contributed by atoms with E-state index in [1.54, 1.807) is 18.0 Å². The van der Waals surface area contributed by atoms with E-state index in [-0.39, 0.29) is 10.6 Å². The van der Waals surface area contributed by atoms with Gasteiger partial charge in [0, 0.05) is 24.7 Å². The Hall–Kier alpha value is -1.16. The van der Waals surface area contributed by atoms with Crippen molar-refractivity contribution in [3.63, 3.8) is 0 Å². The minimum absolute atomic E-state index is 0.121. The van der Waals surface area contributed by atoms with E-state index in [2.05, 4.69) is 15.9 Å². The summed E-state index contributed by atoms with van der Waals surface area (Å²) in [6.45, 7) is 0. The van der Waals surface area contributed by atoms with Crippen LogP contribution in [0.1, 0.15) is 22.3 Å². The molecule has 0 atom stereocenters. The van der Waals surface area contributed by atoms with Crippen LogP contribution in [-0.2, 0) is 11.2 Å². The Morgan fingerprint density at radius 1 is 1.40 bits per heavy atom. The molecule has 1 amide bonds. The monoisotopic (exact) mass is 267 g/mol. The van der Waals surface area contributed by atoms with E-state index >= 15 is 0 Å². The van der Waals surface area contributed by atoms with Gasteiger partial charge in [-0.25, -0.2) is 0 Å². The number of carbonyl (C=O) groups excluding carboxylic acids is 2. The molecule has 1 aliphatic rings. The van der Waals surface area contributed by atoms with Crippen molar-refractivity contribution >= 4 is 32.2 Å². The lowest BCUT2D eigenvalue weighted by Gasteiger charge is -2.25. The van der Waals surface area contributed by atoms with Crippen molar-refractivity contribution in [3.8, 4) is 0 Å². The molecule has 0 aliphatic carbocycles. The first-order chi connectivity index (χ1) is 7.09. The Bertz CT molecular complexity index is 442. The first-order valence-corrected chi connectivity index (χ1v) is 5.48. The van der Waals surface area contributed by atoms with Crippen LogP contribution in [0.15, 0.2) is 18.2 Å². The number of halogens is 1. The van der Waals surface area contributed by atoms with Crippen LogP contribution in [0.25, 0.3) is 0 Å². The molecule has 2 rings (SSSR count). The largest absolute Gasteiger partial charge is 0.315 e. The maximum absolute atomic E-state index is 11.4. The molecule has 0 spiro atoms. The summed E-state index contributed by atoms with van der Waals surface area (Å²) in [6.07, 6.45) is 1.23. The van der Waals surface area contributed by atoms with Gasteiger partial charge in [-0.15, -0.1) is 0 Å². The van der Waals surface area contributed by atoms with Gasteiger partial charge in [0.15, 0.2) is 0 Å². The zero-order valence-electron chi connectivity index (χ0n) is 8.29. The molecule has 0 aromatic heterocycles.